The van der Waals surface area contributed by atoms with Crippen molar-refractivity contribution in [2.45, 2.75) is 11.3 Å². The predicted octanol–water partition coefficient (Wildman–Crippen LogP) is 4.44. The number of amides is 1. The predicted molar refractivity (Wildman–Crippen MR) is 132 cm³/mol. The summed E-state index contributed by atoms with van der Waals surface area (Å²) in [5.74, 6) is 1.05. The smallest absolute Gasteiger partial charge is 0.265 e. The van der Waals surface area contributed by atoms with Gasteiger partial charge in [-0.1, -0.05) is 0 Å². The number of hydrogen-bond acceptors (Lipinski definition) is 7. The van der Waals surface area contributed by atoms with Crippen LogP contribution in [-0.4, -0.2) is 35.7 Å². The normalized spacial score (nSPS) is 11.2. The number of carbonyl (C=O) groups is 1. The number of ether oxygens (including phenoxy) is 3. The number of sulfonamides is 1. The van der Waals surface area contributed by atoms with Crippen molar-refractivity contribution in [1.29, 1.82) is 0 Å². The van der Waals surface area contributed by atoms with Gasteiger partial charge in [0, 0.05) is 28.4 Å². The van der Waals surface area contributed by atoms with E-state index in [1.54, 1.807) is 49.6 Å². The summed E-state index contributed by atoms with van der Waals surface area (Å²) in [5.41, 5.74) is 1.96. The van der Waals surface area contributed by atoms with E-state index in [0.717, 1.165) is 5.39 Å². The van der Waals surface area contributed by atoms with Gasteiger partial charge in [0.25, 0.3) is 10.0 Å². The molecule has 182 valence electrons. The molecule has 9 nitrogen and oxygen atoms in total. The lowest BCUT2D eigenvalue weighted by atomic mass is 10.1. The highest BCUT2D eigenvalue weighted by Crippen LogP contribution is 2.30. The third-order valence-electron chi connectivity index (χ3n) is 5.29. The molecule has 35 heavy (non-hydrogen) atoms. The monoisotopic (exact) mass is 496 g/mol. The van der Waals surface area contributed by atoms with E-state index < -0.39 is 10.0 Å². The van der Waals surface area contributed by atoms with E-state index in [1.807, 2.05) is 6.07 Å². The molecule has 4 rings (SSSR count). The second kappa shape index (κ2) is 9.98. The summed E-state index contributed by atoms with van der Waals surface area (Å²) in [6.45, 7) is 0. The molecule has 3 aromatic carbocycles. The maximum atomic E-state index is 13.1. The summed E-state index contributed by atoms with van der Waals surface area (Å²) >= 11 is 0. The minimum absolute atomic E-state index is 0.0392. The highest BCUT2D eigenvalue weighted by atomic mass is 32.2. The van der Waals surface area contributed by atoms with Crippen LogP contribution in [0.15, 0.2) is 76.2 Å². The molecular formula is C25H24N2O7S. The fraction of sp³-hybridized carbons (Fsp3) is 0.160. The summed E-state index contributed by atoms with van der Waals surface area (Å²) in [7, 11) is 0.448. The molecule has 0 saturated heterocycles. The fourth-order valence-electron chi connectivity index (χ4n) is 3.54. The summed E-state index contributed by atoms with van der Waals surface area (Å²) in [4.78, 5) is 12.6. The van der Waals surface area contributed by atoms with Crippen LogP contribution in [0, 0.1) is 0 Å². The standard InChI is InChI=1S/C25H24N2O7S/c1-31-19-7-4-17(5-8-19)27-35(29,30)24-13-18(6-11-22(24)33-3)26-25(28)12-16-15-34-23-14-20(32-2)9-10-21(16)23/h4-11,13-15,27H,12H2,1-3H3,(H,26,28). The van der Waals surface area contributed by atoms with Gasteiger partial charge >= 0.3 is 0 Å². The van der Waals surface area contributed by atoms with Gasteiger partial charge in [0.1, 0.15) is 27.7 Å². The highest BCUT2D eigenvalue weighted by Gasteiger charge is 2.21. The maximum Gasteiger partial charge on any atom is 0.265 e. The average Bonchev–Trinajstić information content (AvgIpc) is 3.25. The molecule has 0 aliphatic rings. The van der Waals surface area contributed by atoms with Gasteiger partial charge in [0.05, 0.1) is 34.0 Å². The lowest BCUT2D eigenvalue weighted by molar-refractivity contribution is -0.115. The van der Waals surface area contributed by atoms with Crippen molar-refractivity contribution in [3.05, 3.63) is 72.5 Å². The van der Waals surface area contributed by atoms with Gasteiger partial charge in [0.2, 0.25) is 5.91 Å². The Morgan fingerprint density at radius 1 is 0.857 bits per heavy atom. The Hall–Kier alpha value is -4.18. The Labute approximate surface area is 202 Å². The van der Waals surface area contributed by atoms with Crippen molar-refractivity contribution in [2.24, 2.45) is 0 Å². The molecular weight excluding hydrogens is 472 g/mol. The van der Waals surface area contributed by atoms with Crippen molar-refractivity contribution >= 4 is 38.3 Å². The van der Waals surface area contributed by atoms with Crippen LogP contribution in [0.2, 0.25) is 0 Å². The van der Waals surface area contributed by atoms with Gasteiger partial charge < -0.3 is 23.9 Å². The van der Waals surface area contributed by atoms with Gasteiger partial charge in [-0.2, -0.15) is 0 Å². The molecule has 0 spiro atoms. The Kier molecular flexibility index (Phi) is 6.83. The summed E-state index contributed by atoms with van der Waals surface area (Å²) < 4.78 is 49.7. The van der Waals surface area contributed by atoms with E-state index in [2.05, 4.69) is 10.0 Å². The van der Waals surface area contributed by atoms with Crippen molar-refractivity contribution < 1.29 is 31.8 Å². The van der Waals surface area contributed by atoms with Crippen LogP contribution in [0.25, 0.3) is 11.0 Å². The number of hydrogen-bond donors (Lipinski definition) is 2. The Morgan fingerprint density at radius 3 is 2.23 bits per heavy atom. The summed E-state index contributed by atoms with van der Waals surface area (Å²) in [6, 6.07) is 16.2. The Balaban J connectivity index is 1.53. The molecule has 0 atom stereocenters. The zero-order chi connectivity index (χ0) is 25.0. The summed E-state index contributed by atoms with van der Waals surface area (Å²) in [5, 5.41) is 3.53. The van der Waals surface area contributed by atoms with Gasteiger partial charge in [0.15, 0.2) is 0 Å². The van der Waals surface area contributed by atoms with Crippen molar-refractivity contribution in [2.75, 3.05) is 31.4 Å². The first-order valence-electron chi connectivity index (χ1n) is 10.5. The van der Waals surface area contributed by atoms with Crippen LogP contribution in [0.1, 0.15) is 5.56 Å². The molecule has 0 radical (unpaired) electrons. The van der Waals surface area contributed by atoms with Gasteiger partial charge in [-0.05, 0) is 54.6 Å². The second-order valence-corrected chi connectivity index (χ2v) is 9.20. The molecule has 0 aliphatic carbocycles. The van der Waals surface area contributed by atoms with Gasteiger partial charge in [-0.15, -0.1) is 0 Å². The third kappa shape index (κ3) is 5.33. The Morgan fingerprint density at radius 2 is 1.54 bits per heavy atom. The first-order chi connectivity index (χ1) is 16.8. The van der Waals surface area contributed by atoms with E-state index in [1.165, 1.54) is 32.6 Å². The van der Waals surface area contributed by atoms with Crippen molar-refractivity contribution in [3.63, 3.8) is 0 Å². The minimum Gasteiger partial charge on any atom is -0.497 e. The molecule has 0 aliphatic heterocycles. The number of fused-ring (bicyclic) bond motifs is 1. The maximum absolute atomic E-state index is 13.1. The molecule has 1 amide bonds. The topological polar surface area (TPSA) is 116 Å². The van der Waals surface area contributed by atoms with E-state index in [-0.39, 0.29) is 23.0 Å². The second-order valence-electron chi connectivity index (χ2n) is 7.55. The van der Waals surface area contributed by atoms with Crippen molar-refractivity contribution in [3.8, 4) is 17.2 Å². The quantitative estimate of drug-likeness (QED) is 0.352. The molecule has 4 aromatic rings. The van der Waals surface area contributed by atoms with E-state index >= 15 is 0 Å². The van der Waals surface area contributed by atoms with E-state index in [9.17, 15) is 13.2 Å². The average molecular weight is 497 g/mol. The zero-order valence-electron chi connectivity index (χ0n) is 19.3. The lowest BCUT2D eigenvalue weighted by Gasteiger charge is -2.14. The number of carbonyl (C=O) groups excluding carboxylic acids is 1. The molecule has 0 unspecified atom stereocenters. The van der Waals surface area contributed by atoms with Crippen LogP contribution in [0.3, 0.4) is 0 Å². The fourth-order valence-corrected chi connectivity index (χ4v) is 4.79. The molecule has 0 fully saturated rings. The molecule has 0 bridgehead atoms. The first kappa shape index (κ1) is 24.0. The molecule has 0 saturated carbocycles. The van der Waals surface area contributed by atoms with Crippen LogP contribution in [0.5, 0.6) is 17.2 Å². The number of rotatable bonds is 9. The summed E-state index contributed by atoms with van der Waals surface area (Å²) in [6.07, 6.45) is 1.56. The molecule has 2 N–H and O–H groups in total. The van der Waals surface area contributed by atoms with E-state index in [4.69, 9.17) is 18.6 Å². The van der Waals surface area contributed by atoms with Crippen LogP contribution >= 0.6 is 0 Å². The molecule has 1 aromatic heterocycles. The number of furan rings is 1. The lowest BCUT2D eigenvalue weighted by Crippen LogP contribution is -2.17. The third-order valence-corrected chi connectivity index (χ3v) is 6.70. The highest BCUT2D eigenvalue weighted by molar-refractivity contribution is 7.92. The molecule has 10 heteroatoms. The minimum atomic E-state index is -4.01. The SMILES string of the molecule is COc1ccc(NS(=O)(=O)c2cc(NC(=O)Cc3coc4cc(OC)ccc34)ccc2OC)cc1. The first-order valence-corrected chi connectivity index (χ1v) is 12.0. The number of methoxy groups -OCH3 is 3. The molecule has 1 heterocycles. The van der Waals surface area contributed by atoms with E-state index in [0.29, 0.717) is 34.0 Å². The van der Waals surface area contributed by atoms with Crippen LogP contribution in [-0.2, 0) is 21.2 Å². The number of anilines is 2. The number of nitrogens with one attached hydrogen (secondary N) is 2. The zero-order valence-corrected chi connectivity index (χ0v) is 20.1. The van der Waals surface area contributed by atoms with Gasteiger partial charge in [-0.25, -0.2) is 8.42 Å². The number of benzene rings is 3. The van der Waals surface area contributed by atoms with Crippen LogP contribution in [0.4, 0.5) is 11.4 Å². The Bertz CT molecular complexity index is 1460. The van der Waals surface area contributed by atoms with Crippen molar-refractivity contribution in [1.82, 2.24) is 0 Å². The van der Waals surface area contributed by atoms with Gasteiger partial charge in [-0.3, -0.25) is 9.52 Å². The van der Waals surface area contributed by atoms with Crippen LogP contribution < -0.4 is 24.2 Å². The largest absolute Gasteiger partial charge is 0.497 e.